The molecule has 0 aromatic heterocycles. The van der Waals surface area contributed by atoms with Gasteiger partial charge in [-0.15, -0.1) is 0 Å². The summed E-state index contributed by atoms with van der Waals surface area (Å²) in [7, 11) is 0. The SMILES string of the molecule is CCC1OC1CC.O=CO.OCCO. The minimum Gasteiger partial charge on any atom is -0.483 e. The first-order chi connectivity index (χ1) is 6.71. The maximum Gasteiger partial charge on any atom is 0.290 e. The third-order valence-corrected chi connectivity index (χ3v) is 1.59. The van der Waals surface area contributed by atoms with Crippen LogP contribution in [0.5, 0.6) is 0 Å². The Balaban J connectivity index is 0. The van der Waals surface area contributed by atoms with Crippen molar-refractivity contribution in [2.75, 3.05) is 13.2 Å². The molecule has 0 saturated carbocycles. The Labute approximate surface area is 84.3 Å². The van der Waals surface area contributed by atoms with Gasteiger partial charge >= 0.3 is 0 Å². The zero-order valence-electron chi connectivity index (χ0n) is 8.72. The Hall–Kier alpha value is -0.650. The zero-order chi connectivity index (χ0) is 11.4. The van der Waals surface area contributed by atoms with Gasteiger partial charge in [0.05, 0.1) is 25.4 Å². The molecule has 2 unspecified atom stereocenters. The average Bonchev–Trinajstić information content (AvgIpc) is 2.98. The van der Waals surface area contributed by atoms with Gasteiger partial charge in [0, 0.05) is 0 Å². The largest absolute Gasteiger partial charge is 0.483 e. The summed E-state index contributed by atoms with van der Waals surface area (Å²) in [5.74, 6) is 0. The third kappa shape index (κ3) is 11.4. The van der Waals surface area contributed by atoms with E-state index in [1.54, 1.807) is 0 Å². The van der Waals surface area contributed by atoms with Crippen molar-refractivity contribution in [1.29, 1.82) is 0 Å². The maximum absolute atomic E-state index is 8.36. The minimum atomic E-state index is -0.250. The fourth-order valence-corrected chi connectivity index (χ4v) is 0.897. The Morgan fingerprint density at radius 2 is 1.43 bits per heavy atom. The maximum atomic E-state index is 8.36. The molecule has 0 bridgehead atoms. The van der Waals surface area contributed by atoms with Gasteiger partial charge < -0.3 is 20.1 Å². The lowest BCUT2D eigenvalue weighted by Crippen LogP contribution is -1.87. The van der Waals surface area contributed by atoms with E-state index < -0.39 is 0 Å². The van der Waals surface area contributed by atoms with E-state index >= 15 is 0 Å². The number of hydrogen-bond donors (Lipinski definition) is 3. The molecule has 2 atom stereocenters. The second-order valence-corrected chi connectivity index (χ2v) is 2.58. The normalized spacial score (nSPS) is 22.3. The summed E-state index contributed by atoms with van der Waals surface area (Å²) >= 11 is 0. The topological polar surface area (TPSA) is 90.3 Å². The highest BCUT2D eigenvalue weighted by Crippen LogP contribution is 2.26. The molecule has 86 valence electrons. The van der Waals surface area contributed by atoms with Gasteiger partial charge in [-0.3, -0.25) is 4.79 Å². The van der Waals surface area contributed by atoms with Crippen LogP contribution in [-0.4, -0.2) is 47.2 Å². The van der Waals surface area contributed by atoms with Gasteiger partial charge in [-0.2, -0.15) is 0 Å². The molecule has 0 spiro atoms. The Morgan fingerprint density at radius 3 is 1.50 bits per heavy atom. The first-order valence-corrected chi connectivity index (χ1v) is 4.66. The van der Waals surface area contributed by atoms with Gasteiger partial charge in [-0.25, -0.2) is 0 Å². The Bertz CT molecular complexity index is 108. The lowest BCUT2D eigenvalue weighted by Gasteiger charge is -1.77. The second-order valence-electron chi connectivity index (χ2n) is 2.58. The van der Waals surface area contributed by atoms with Crippen molar-refractivity contribution in [3.8, 4) is 0 Å². The van der Waals surface area contributed by atoms with Crippen LogP contribution in [0.1, 0.15) is 26.7 Å². The quantitative estimate of drug-likeness (QED) is 0.456. The van der Waals surface area contributed by atoms with Crippen LogP contribution in [-0.2, 0) is 9.53 Å². The first kappa shape index (κ1) is 15.8. The standard InChI is InChI=1S/C6H12O.C2H6O2.CH2O2/c1-3-5-6(4-2)7-5;3-1-2-4;2-1-3/h5-6H,3-4H2,1-2H3;3-4H,1-2H2;1H,(H,2,3). The van der Waals surface area contributed by atoms with Crippen LogP contribution in [0.3, 0.4) is 0 Å². The van der Waals surface area contributed by atoms with Crippen molar-refractivity contribution in [2.45, 2.75) is 38.9 Å². The van der Waals surface area contributed by atoms with Crippen LogP contribution in [0.15, 0.2) is 0 Å². The summed E-state index contributed by atoms with van der Waals surface area (Å²) in [5.41, 5.74) is 0. The van der Waals surface area contributed by atoms with Crippen molar-refractivity contribution in [2.24, 2.45) is 0 Å². The summed E-state index contributed by atoms with van der Waals surface area (Å²) in [6, 6.07) is 0. The van der Waals surface area contributed by atoms with Gasteiger partial charge in [0.15, 0.2) is 0 Å². The summed E-state index contributed by atoms with van der Waals surface area (Å²) in [5, 5.41) is 22.1. The molecule has 1 aliphatic heterocycles. The summed E-state index contributed by atoms with van der Waals surface area (Å²) in [6.45, 7) is 3.83. The molecule has 0 amide bonds. The summed E-state index contributed by atoms with van der Waals surface area (Å²) in [4.78, 5) is 8.36. The van der Waals surface area contributed by atoms with E-state index in [1.165, 1.54) is 12.8 Å². The summed E-state index contributed by atoms with van der Waals surface area (Å²) < 4.78 is 5.22. The van der Waals surface area contributed by atoms with Gasteiger partial charge in [0.25, 0.3) is 6.47 Å². The van der Waals surface area contributed by atoms with Crippen LogP contribution in [0.25, 0.3) is 0 Å². The molecule has 1 fully saturated rings. The first-order valence-electron chi connectivity index (χ1n) is 4.66. The van der Waals surface area contributed by atoms with Gasteiger partial charge in [-0.1, -0.05) is 13.8 Å². The molecule has 1 saturated heterocycles. The highest BCUT2D eigenvalue weighted by Gasteiger charge is 2.34. The molecule has 0 aromatic carbocycles. The number of aliphatic hydroxyl groups is 2. The van der Waals surface area contributed by atoms with E-state index in [-0.39, 0.29) is 19.7 Å². The zero-order valence-corrected chi connectivity index (χ0v) is 8.72. The van der Waals surface area contributed by atoms with E-state index in [0.717, 1.165) is 0 Å². The number of ether oxygens (including phenoxy) is 1. The number of epoxide rings is 1. The van der Waals surface area contributed by atoms with Crippen LogP contribution < -0.4 is 0 Å². The molecule has 0 aromatic rings. The van der Waals surface area contributed by atoms with Crippen molar-refractivity contribution in [1.82, 2.24) is 0 Å². The lowest BCUT2D eigenvalue weighted by molar-refractivity contribution is -0.122. The van der Waals surface area contributed by atoms with E-state index in [9.17, 15) is 0 Å². The van der Waals surface area contributed by atoms with Crippen LogP contribution in [0, 0.1) is 0 Å². The molecule has 14 heavy (non-hydrogen) atoms. The number of rotatable bonds is 3. The molecular formula is C9H20O5. The number of aliphatic hydroxyl groups excluding tert-OH is 2. The fraction of sp³-hybridized carbons (Fsp3) is 0.889. The average molecular weight is 208 g/mol. The lowest BCUT2D eigenvalue weighted by atomic mass is 10.2. The molecule has 1 rings (SSSR count). The van der Waals surface area contributed by atoms with Crippen LogP contribution >= 0.6 is 0 Å². The van der Waals surface area contributed by atoms with Crippen molar-refractivity contribution >= 4 is 6.47 Å². The number of hydrogen-bond acceptors (Lipinski definition) is 4. The predicted molar refractivity (Wildman–Crippen MR) is 52.1 cm³/mol. The molecular weight excluding hydrogens is 188 g/mol. The highest BCUT2D eigenvalue weighted by molar-refractivity contribution is 5.32. The van der Waals surface area contributed by atoms with E-state index in [0.29, 0.717) is 12.2 Å². The Morgan fingerprint density at radius 1 is 1.14 bits per heavy atom. The van der Waals surface area contributed by atoms with Crippen molar-refractivity contribution in [3.63, 3.8) is 0 Å². The monoisotopic (exact) mass is 208 g/mol. The number of carbonyl (C=O) groups is 1. The molecule has 0 radical (unpaired) electrons. The molecule has 5 heteroatoms. The number of carboxylic acid groups (broad SMARTS) is 1. The fourth-order valence-electron chi connectivity index (χ4n) is 0.897. The third-order valence-electron chi connectivity index (χ3n) is 1.59. The van der Waals surface area contributed by atoms with Crippen LogP contribution in [0.2, 0.25) is 0 Å². The summed E-state index contributed by atoms with van der Waals surface area (Å²) in [6.07, 6.45) is 3.62. The van der Waals surface area contributed by atoms with Crippen molar-refractivity contribution in [3.05, 3.63) is 0 Å². The van der Waals surface area contributed by atoms with E-state index in [4.69, 9.17) is 24.9 Å². The van der Waals surface area contributed by atoms with Gasteiger partial charge in [0.1, 0.15) is 0 Å². The Kier molecular flexibility index (Phi) is 13.9. The molecule has 0 aliphatic carbocycles. The second kappa shape index (κ2) is 12.3. The highest BCUT2D eigenvalue weighted by atomic mass is 16.6. The van der Waals surface area contributed by atoms with E-state index in [2.05, 4.69) is 13.8 Å². The minimum absolute atomic E-state index is 0.125. The molecule has 3 N–H and O–H groups in total. The van der Waals surface area contributed by atoms with E-state index in [1.807, 2.05) is 0 Å². The van der Waals surface area contributed by atoms with Crippen molar-refractivity contribution < 1.29 is 24.9 Å². The molecule has 1 aliphatic rings. The molecule has 1 heterocycles. The smallest absolute Gasteiger partial charge is 0.290 e. The predicted octanol–water partition coefficient (Wildman–Crippen LogP) is 0.246. The van der Waals surface area contributed by atoms with Gasteiger partial charge in [0.2, 0.25) is 0 Å². The molecule has 5 nitrogen and oxygen atoms in total. The van der Waals surface area contributed by atoms with Gasteiger partial charge in [-0.05, 0) is 12.8 Å². The van der Waals surface area contributed by atoms with Crippen LogP contribution in [0.4, 0.5) is 0 Å².